The lowest BCUT2D eigenvalue weighted by molar-refractivity contribution is -0.401. The SMILES string of the molecule is CCCCCCCCCCCCC/C=C/[C@@H](O)[C@H](CO[C@@H]1OC(CO)[C@@H](O[C@@H]2OC(CO)[C@H](O[C@@H]3OC(CO)[C@H](O)[C@H](O)C3NC(C)=O)[C@H](O[C@H]3OC(CO)[C@H](O)[C@H](O[C@@H]4OC(CO)[C@@H](O[C@@H]5OC(CO)[C@H](O)[C@H](O)C5O)[C@H](O)C4NC(C)=O)C3O)C2O)[C@H](O)C1O)NC(=O)CCCCCCCCCCCCCCCCCCCCCCC. The van der Waals surface area contributed by atoms with Gasteiger partial charge in [-0.2, -0.15) is 0 Å². The average Bonchev–Trinajstić information content (AvgIpc) is 0.763. The van der Waals surface area contributed by atoms with Crippen molar-refractivity contribution in [3.63, 3.8) is 0 Å². The molecule has 6 heterocycles. The molecule has 0 aliphatic carbocycles. The second-order valence-electron chi connectivity index (χ2n) is 32.8. The van der Waals surface area contributed by atoms with Crippen molar-refractivity contribution in [3.8, 4) is 0 Å². The summed E-state index contributed by atoms with van der Waals surface area (Å²) in [5.41, 5.74) is 0. The molecule has 21 N–H and O–H groups in total. The molecule has 6 aliphatic heterocycles. The number of carbonyl (C=O) groups is 3. The minimum absolute atomic E-state index is 0.150. The Kier molecular flexibility index (Phi) is 50.0. The summed E-state index contributed by atoms with van der Waals surface area (Å²) in [6.45, 7) is -0.116. The van der Waals surface area contributed by atoms with Gasteiger partial charge in [0, 0.05) is 20.3 Å². The Hall–Kier alpha value is -3.05. The molecule has 36 nitrogen and oxygen atoms in total. The topological polar surface area (TPSA) is 562 Å². The molecule has 690 valence electrons. The van der Waals surface area contributed by atoms with Crippen LogP contribution in [-0.4, -0.2) is 352 Å². The Morgan fingerprint density at radius 1 is 0.331 bits per heavy atom. The molecule has 0 aromatic heterocycles. The number of carbonyl (C=O) groups excluding carboxylic acids is 3. The van der Waals surface area contributed by atoms with Crippen LogP contribution < -0.4 is 16.0 Å². The van der Waals surface area contributed by atoms with Crippen LogP contribution in [0.3, 0.4) is 0 Å². The number of amides is 3. The van der Waals surface area contributed by atoms with E-state index in [1.165, 1.54) is 148 Å². The highest BCUT2D eigenvalue weighted by atomic mass is 16.8. The first-order chi connectivity index (χ1) is 56.8. The monoisotopic (exact) mass is 1700 g/mol. The molecule has 6 aliphatic rings. The third kappa shape index (κ3) is 32.7. The molecular formula is C82H149N3O33. The summed E-state index contributed by atoms with van der Waals surface area (Å²) in [4.78, 5) is 39.2. The van der Waals surface area contributed by atoms with Crippen LogP contribution in [0.15, 0.2) is 12.2 Å². The van der Waals surface area contributed by atoms with Crippen molar-refractivity contribution in [3.05, 3.63) is 12.2 Å². The van der Waals surface area contributed by atoms with Gasteiger partial charge in [-0.3, -0.25) is 14.4 Å². The molecule has 0 bridgehead atoms. The first-order valence-corrected chi connectivity index (χ1v) is 44.0. The van der Waals surface area contributed by atoms with Gasteiger partial charge in [0.1, 0.15) is 146 Å². The first-order valence-electron chi connectivity index (χ1n) is 44.0. The number of allylic oxidation sites excluding steroid dienone is 1. The van der Waals surface area contributed by atoms with E-state index in [0.717, 1.165) is 65.2 Å². The van der Waals surface area contributed by atoms with E-state index in [0.29, 0.717) is 12.8 Å². The van der Waals surface area contributed by atoms with Crippen LogP contribution in [0, 0.1) is 0 Å². The van der Waals surface area contributed by atoms with Gasteiger partial charge in [0.25, 0.3) is 0 Å². The lowest BCUT2D eigenvalue weighted by Crippen LogP contribution is -2.70. The van der Waals surface area contributed by atoms with Crippen LogP contribution in [0.5, 0.6) is 0 Å². The maximum atomic E-state index is 13.7. The largest absolute Gasteiger partial charge is 0.394 e. The molecule has 0 radical (unpaired) electrons. The maximum Gasteiger partial charge on any atom is 0.220 e. The van der Waals surface area contributed by atoms with Crippen LogP contribution in [0.25, 0.3) is 0 Å². The van der Waals surface area contributed by atoms with Crippen LogP contribution in [-0.2, 0) is 71.2 Å². The van der Waals surface area contributed by atoms with Crippen LogP contribution >= 0.6 is 0 Å². The number of hydrogen-bond acceptors (Lipinski definition) is 33. The summed E-state index contributed by atoms with van der Waals surface area (Å²) >= 11 is 0. The average molecular weight is 1710 g/mol. The summed E-state index contributed by atoms with van der Waals surface area (Å²) in [6.07, 6.45) is -14.2. The van der Waals surface area contributed by atoms with Crippen molar-refractivity contribution in [2.24, 2.45) is 0 Å². The number of ether oxygens (including phenoxy) is 12. The number of nitrogens with one attached hydrogen (secondary N) is 3. The molecule has 36 heteroatoms. The predicted octanol–water partition coefficient (Wildman–Crippen LogP) is -0.0834. The third-order valence-corrected chi connectivity index (χ3v) is 23.2. The fraction of sp³-hybridized carbons (Fsp3) is 0.939. The normalized spacial score (nSPS) is 35.9. The molecule has 0 aromatic rings. The molecule has 0 spiro atoms. The minimum Gasteiger partial charge on any atom is -0.394 e. The van der Waals surface area contributed by atoms with Gasteiger partial charge in [0.15, 0.2) is 37.7 Å². The molecule has 6 saturated heterocycles. The highest BCUT2D eigenvalue weighted by Gasteiger charge is 2.59. The fourth-order valence-corrected chi connectivity index (χ4v) is 16.2. The fourth-order valence-electron chi connectivity index (χ4n) is 16.2. The zero-order valence-electron chi connectivity index (χ0n) is 69.8. The molecule has 0 aromatic carbocycles. The highest BCUT2D eigenvalue weighted by Crippen LogP contribution is 2.39. The second-order valence-corrected chi connectivity index (χ2v) is 32.8. The van der Waals surface area contributed by atoms with Gasteiger partial charge >= 0.3 is 0 Å². The lowest BCUT2D eigenvalue weighted by atomic mass is 9.94. The van der Waals surface area contributed by atoms with E-state index in [-0.39, 0.29) is 12.3 Å². The molecule has 12 unspecified atom stereocenters. The molecule has 3 amide bonds. The smallest absolute Gasteiger partial charge is 0.220 e. The Bertz CT molecular complexity index is 2710. The van der Waals surface area contributed by atoms with Crippen molar-refractivity contribution < 1.29 is 163 Å². The van der Waals surface area contributed by atoms with Gasteiger partial charge in [-0.25, -0.2) is 0 Å². The molecule has 118 heavy (non-hydrogen) atoms. The molecule has 6 rings (SSSR count). The Morgan fingerprint density at radius 3 is 1.10 bits per heavy atom. The summed E-state index contributed by atoms with van der Waals surface area (Å²) in [7, 11) is 0. The van der Waals surface area contributed by atoms with Crippen molar-refractivity contribution in [2.45, 2.75) is 442 Å². The van der Waals surface area contributed by atoms with E-state index in [1.54, 1.807) is 6.08 Å². The second kappa shape index (κ2) is 56.8. The van der Waals surface area contributed by atoms with Crippen molar-refractivity contribution in [2.75, 3.05) is 46.2 Å². The van der Waals surface area contributed by atoms with Crippen LogP contribution in [0.1, 0.15) is 246 Å². The maximum absolute atomic E-state index is 13.7. The first kappa shape index (κ1) is 104. The van der Waals surface area contributed by atoms with Gasteiger partial charge in [0.05, 0.1) is 58.4 Å². The van der Waals surface area contributed by atoms with Crippen LogP contribution in [0.4, 0.5) is 0 Å². The molecule has 32 atom stereocenters. The van der Waals surface area contributed by atoms with Gasteiger partial charge < -0.3 is 165 Å². The molecular weight excluding hydrogens is 1550 g/mol. The Balaban J connectivity index is 1.15. The van der Waals surface area contributed by atoms with Crippen molar-refractivity contribution in [1.29, 1.82) is 0 Å². The lowest BCUT2D eigenvalue weighted by Gasteiger charge is -2.51. The van der Waals surface area contributed by atoms with Gasteiger partial charge in [-0.15, -0.1) is 0 Å². The third-order valence-electron chi connectivity index (χ3n) is 23.2. The Labute approximate surface area is 694 Å². The highest BCUT2D eigenvalue weighted by molar-refractivity contribution is 5.76. The zero-order chi connectivity index (χ0) is 86.2. The number of rotatable bonds is 58. The number of aliphatic hydroxyl groups excluding tert-OH is 18. The van der Waals surface area contributed by atoms with E-state index >= 15 is 0 Å². The summed E-state index contributed by atoms with van der Waals surface area (Å²) in [5.74, 6) is -2.04. The van der Waals surface area contributed by atoms with E-state index in [9.17, 15) is 106 Å². The van der Waals surface area contributed by atoms with Gasteiger partial charge in [0.2, 0.25) is 17.7 Å². The molecule has 0 saturated carbocycles. The van der Waals surface area contributed by atoms with E-state index in [1.807, 2.05) is 6.08 Å². The predicted molar refractivity (Wildman–Crippen MR) is 421 cm³/mol. The van der Waals surface area contributed by atoms with Crippen molar-refractivity contribution in [1.82, 2.24) is 16.0 Å². The summed E-state index contributed by atoms with van der Waals surface area (Å²) in [5, 5.41) is 209. The summed E-state index contributed by atoms with van der Waals surface area (Å²) < 4.78 is 72.1. The summed E-state index contributed by atoms with van der Waals surface area (Å²) in [6, 6.07) is -4.65. The standard InChI is InChI=1S/C82H149N3O33/c1-5-7-9-11-13-15-17-19-20-21-22-23-24-25-26-28-30-32-34-36-38-40-58(95)85-50(51(94)39-37-35-33-31-29-27-18-16-14-12-10-8-6-2)47-107-79-69(104)67(102)73(56(45-90)112-79)115-82-71(106)76(74(57(46-91)113-82)116-77-59(83-48(3)92)64(99)61(96)52(41-86)108-77)118-81-70(105)75(63(98)54(43-88)110-81)117-78-60(84-49(4)93)65(100)72(55(44-89)111-78)114-80-68(103)66(101)62(97)53(42-87)109-80/h37,39,50-57,59-82,86-91,94,96-106H,5-36,38,40-47H2,1-4H3,(H,83,92)(H,84,93)(H,85,95)/b39-37+/t50-,51+,52?,53?,54?,55?,56?,57?,59?,60?,61-,62-,63-,64+,65+,66-,67+,68?,69?,70?,71?,72+,73+,74-,75-,76+,77-,78-,79+,80-,81+,82-/m0/s1. The van der Waals surface area contributed by atoms with E-state index in [4.69, 9.17) is 56.8 Å². The number of aliphatic hydroxyl groups is 18. The van der Waals surface area contributed by atoms with Gasteiger partial charge in [-0.05, 0) is 19.3 Å². The van der Waals surface area contributed by atoms with E-state index in [2.05, 4.69) is 29.8 Å². The quantitative estimate of drug-likeness (QED) is 0.0280. The number of unbranched alkanes of at least 4 members (excludes halogenated alkanes) is 31. The van der Waals surface area contributed by atoms with Gasteiger partial charge in [-0.1, -0.05) is 219 Å². The van der Waals surface area contributed by atoms with Crippen molar-refractivity contribution >= 4 is 17.7 Å². The van der Waals surface area contributed by atoms with Crippen LogP contribution in [0.2, 0.25) is 0 Å². The number of hydrogen-bond donors (Lipinski definition) is 21. The zero-order valence-corrected chi connectivity index (χ0v) is 69.8. The molecule has 6 fully saturated rings. The Morgan fingerprint density at radius 2 is 0.653 bits per heavy atom. The minimum atomic E-state index is -2.37. The van der Waals surface area contributed by atoms with E-state index < -0.39 is 254 Å².